The summed E-state index contributed by atoms with van der Waals surface area (Å²) in [5, 5.41) is 24.3. The number of rotatable bonds is 2. The van der Waals surface area contributed by atoms with Crippen LogP contribution in [0, 0.1) is 5.41 Å². The highest BCUT2D eigenvalue weighted by atomic mass is 79.9. The number of anilines is 2. The Morgan fingerprint density at radius 1 is 1.18 bits per heavy atom. The van der Waals surface area contributed by atoms with E-state index in [4.69, 9.17) is 17.3 Å². The fraction of sp³-hybridized carbons (Fsp3) is 0.348. The van der Waals surface area contributed by atoms with Gasteiger partial charge in [0.1, 0.15) is 29.0 Å². The highest BCUT2D eigenvalue weighted by Gasteiger charge is 2.56. The summed E-state index contributed by atoms with van der Waals surface area (Å²) in [6, 6.07) is 9.66. The quantitative estimate of drug-likeness (QED) is 0.340. The molecule has 2 fully saturated rings. The normalized spacial score (nSPS) is 27.4. The van der Waals surface area contributed by atoms with Gasteiger partial charge in [-0.15, -0.1) is 0 Å². The molecular formula is C23H22BrClN6O2. The zero-order valence-electron chi connectivity index (χ0n) is 17.6. The Labute approximate surface area is 203 Å². The minimum Gasteiger partial charge on any atom is -0.390 e. The molecule has 1 aliphatic heterocycles. The smallest absolute Gasteiger partial charge is 0.145 e. The molecule has 0 amide bonds. The number of hydrogen-bond donors (Lipinski definition) is 3. The van der Waals surface area contributed by atoms with Crippen molar-refractivity contribution >= 4 is 61.0 Å². The molecule has 1 spiro atoms. The maximum Gasteiger partial charge on any atom is 0.145 e. The summed E-state index contributed by atoms with van der Waals surface area (Å²) in [5.74, 6) is 0.456. The van der Waals surface area contributed by atoms with Gasteiger partial charge in [-0.2, -0.15) is 0 Å². The van der Waals surface area contributed by atoms with E-state index >= 15 is 0 Å². The van der Waals surface area contributed by atoms with Crippen molar-refractivity contribution in [2.45, 2.75) is 31.1 Å². The van der Waals surface area contributed by atoms with Crippen LogP contribution in [0.1, 0.15) is 18.9 Å². The summed E-state index contributed by atoms with van der Waals surface area (Å²) in [7, 11) is 0. The zero-order chi connectivity index (χ0) is 22.9. The summed E-state index contributed by atoms with van der Waals surface area (Å²) in [6.07, 6.45) is 2.98. The van der Waals surface area contributed by atoms with Gasteiger partial charge in [0.05, 0.1) is 27.5 Å². The Balaban J connectivity index is 1.30. The Bertz CT molecular complexity index is 1400. The summed E-state index contributed by atoms with van der Waals surface area (Å²) < 4.78 is 2.70. The molecule has 170 valence electrons. The lowest BCUT2D eigenvalue weighted by Crippen LogP contribution is -2.38. The lowest BCUT2D eigenvalue weighted by Gasteiger charge is -2.29. The molecule has 1 aromatic carbocycles. The van der Waals surface area contributed by atoms with Crippen molar-refractivity contribution in [2.24, 2.45) is 5.41 Å². The SMILES string of the molecule is Nc1nc2cc(N3CC[C@@]4(C[C@@H](n5ccc6c(Cl)ncnc65)[C@H](O)[C@@H]4O)C3)ccc2cc1Br. The lowest BCUT2D eigenvalue weighted by atomic mass is 9.83. The monoisotopic (exact) mass is 528 g/mol. The minimum atomic E-state index is -0.898. The Morgan fingerprint density at radius 3 is 2.88 bits per heavy atom. The second-order valence-corrected chi connectivity index (χ2v) is 10.3. The summed E-state index contributed by atoms with van der Waals surface area (Å²) in [6.45, 7) is 1.43. The van der Waals surface area contributed by atoms with Crippen LogP contribution in [0.4, 0.5) is 11.5 Å². The molecule has 1 aliphatic carbocycles. The van der Waals surface area contributed by atoms with Crippen LogP contribution in [0.15, 0.2) is 47.3 Å². The standard InChI is InChI=1S/C23H22BrClN6O2/c24-15-7-12-1-2-13(8-16(12)29-21(15)26)30-6-4-23(10-30)9-17(18(32)19(23)33)31-5-3-14-20(25)27-11-28-22(14)31/h1-3,5,7-8,11,17-19,32-33H,4,6,9-10H2,(H2,26,29)/t17-,18+,19+,23-/m1/s1. The number of aliphatic hydroxyl groups is 2. The molecule has 8 nitrogen and oxygen atoms in total. The number of aromatic nitrogens is 4. The fourth-order valence-corrected chi connectivity index (χ4v) is 6.09. The van der Waals surface area contributed by atoms with Crippen molar-refractivity contribution < 1.29 is 10.2 Å². The minimum absolute atomic E-state index is 0.293. The molecule has 0 unspecified atom stereocenters. The van der Waals surface area contributed by atoms with Gasteiger partial charge in [-0.3, -0.25) is 0 Å². The van der Waals surface area contributed by atoms with Crippen molar-refractivity contribution in [3.05, 3.63) is 52.5 Å². The van der Waals surface area contributed by atoms with Crippen LogP contribution in [-0.4, -0.2) is 55.0 Å². The molecule has 0 bridgehead atoms. The van der Waals surface area contributed by atoms with Crippen molar-refractivity contribution in [1.29, 1.82) is 0 Å². The zero-order valence-corrected chi connectivity index (χ0v) is 19.9. The molecule has 4 atom stereocenters. The molecule has 33 heavy (non-hydrogen) atoms. The first-order chi connectivity index (χ1) is 15.9. The van der Waals surface area contributed by atoms with Gasteiger partial charge in [-0.05, 0) is 53.0 Å². The molecule has 1 saturated carbocycles. The number of halogens is 2. The fourth-order valence-electron chi connectivity index (χ4n) is 5.57. The Kier molecular flexibility index (Phi) is 4.81. The van der Waals surface area contributed by atoms with E-state index in [1.165, 1.54) is 6.33 Å². The number of nitrogen functional groups attached to an aromatic ring is 1. The average molecular weight is 530 g/mol. The first kappa shape index (κ1) is 21.1. The van der Waals surface area contributed by atoms with Gasteiger partial charge in [-0.1, -0.05) is 17.7 Å². The molecule has 3 aromatic heterocycles. The average Bonchev–Trinajstić information content (AvgIpc) is 3.48. The first-order valence-corrected chi connectivity index (χ1v) is 12.0. The third kappa shape index (κ3) is 3.21. The number of nitrogens with zero attached hydrogens (tertiary/aromatic N) is 5. The number of benzene rings is 1. The maximum absolute atomic E-state index is 11.2. The second kappa shape index (κ2) is 7.53. The van der Waals surface area contributed by atoms with Gasteiger partial charge in [0.2, 0.25) is 0 Å². The Morgan fingerprint density at radius 2 is 2.03 bits per heavy atom. The van der Waals surface area contributed by atoms with Crippen LogP contribution in [0.2, 0.25) is 5.15 Å². The number of aliphatic hydroxyl groups excluding tert-OH is 2. The third-order valence-electron chi connectivity index (χ3n) is 7.31. The number of hydrogen-bond acceptors (Lipinski definition) is 7. The molecule has 1 saturated heterocycles. The predicted molar refractivity (Wildman–Crippen MR) is 131 cm³/mol. The second-order valence-electron chi connectivity index (χ2n) is 9.10. The first-order valence-electron chi connectivity index (χ1n) is 10.8. The molecule has 10 heteroatoms. The molecule has 0 radical (unpaired) electrons. The number of nitrogens with two attached hydrogens (primary N) is 1. The molecule has 4 aromatic rings. The number of pyridine rings is 1. The van der Waals surface area contributed by atoms with E-state index in [2.05, 4.69) is 41.8 Å². The van der Waals surface area contributed by atoms with Crippen molar-refractivity contribution in [1.82, 2.24) is 19.5 Å². The van der Waals surface area contributed by atoms with Crippen LogP contribution in [0.3, 0.4) is 0 Å². The number of fused-ring (bicyclic) bond motifs is 2. The van der Waals surface area contributed by atoms with Crippen LogP contribution < -0.4 is 10.6 Å². The highest BCUT2D eigenvalue weighted by molar-refractivity contribution is 9.10. The van der Waals surface area contributed by atoms with Gasteiger partial charge in [0.25, 0.3) is 0 Å². The summed E-state index contributed by atoms with van der Waals surface area (Å²) >= 11 is 9.64. The van der Waals surface area contributed by atoms with Crippen LogP contribution in [0.25, 0.3) is 21.9 Å². The van der Waals surface area contributed by atoms with E-state index in [1.807, 2.05) is 35.0 Å². The lowest BCUT2D eigenvalue weighted by molar-refractivity contribution is -0.0204. The van der Waals surface area contributed by atoms with Gasteiger partial charge in [0.15, 0.2) is 0 Å². The van der Waals surface area contributed by atoms with Crippen LogP contribution in [0.5, 0.6) is 0 Å². The van der Waals surface area contributed by atoms with E-state index < -0.39 is 17.6 Å². The molecular weight excluding hydrogens is 508 g/mol. The van der Waals surface area contributed by atoms with E-state index in [1.54, 1.807) is 0 Å². The summed E-state index contributed by atoms with van der Waals surface area (Å²) in [4.78, 5) is 15.2. The van der Waals surface area contributed by atoms with Crippen molar-refractivity contribution in [2.75, 3.05) is 23.7 Å². The third-order valence-corrected chi connectivity index (χ3v) is 8.25. The molecule has 2 aliphatic rings. The van der Waals surface area contributed by atoms with Gasteiger partial charge in [-0.25, -0.2) is 15.0 Å². The van der Waals surface area contributed by atoms with Crippen LogP contribution in [-0.2, 0) is 0 Å². The topological polar surface area (TPSA) is 113 Å². The van der Waals surface area contributed by atoms with E-state index in [0.717, 1.165) is 39.4 Å². The molecule has 6 rings (SSSR count). The van der Waals surface area contributed by atoms with Gasteiger partial charge < -0.3 is 25.4 Å². The van der Waals surface area contributed by atoms with Crippen molar-refractivity contribution in [3.8, 4) is 0 Å². The van der Waals surface area contributed by atoms with E-state index in [0.29, 0.717) is 29.6 Å². The summed E-state index contributed by atoms with van der Waals surface area (Å²) in [5.41, 5.74) is 8.09. The van der Waals surface area contributed by atoms with E-state index in [-0.39, 0.29) is 6.04 Å². The molecule has 4 heterocycles. The van der Waals surface area contributed by atoms with Crippen LogP contribution >= 0.6 is 27.5 Å². The highest BCUT2D eigenvalue weighted by Crippen LogP contribution is 2.51. The van der Waals surface area contributed by atoms with Gasteiger partial charge >= 0.3 is 0 Å². The predicted octanol–water partition coefficient (Wildman–Crippen LogP) is 3.54. The largest absolute Gasteiger partial charge is 0.390 e. The molecule has 4 N–H and O–H groups in total. The van der Waals surface area contributed by atoms with Crippen molar-refractivity contribution in [3.63, 3.8) is 0 Å². The Hall–Kier alpha value is -2.46. The van der Waals surface area contributed by atoms with E-state index in [9.17, 15) is 10.2 Å². The maximum atomic E-state index is 11.2. The van der Waals surface area contributed by atoms with Gasteiger partial charge in [0, 0.05) is 35.8 Å².